The third-order valence-electron chi connectivity index (χ3n) is 2.73. The van der Waals surface area contributed by atoms with Crippen molar-refractivity contribution in [3.05, 3.63) is 35.0 Å². The first kappa shape index (κ1) is 12.4. The van der Waals surface area contributed by atoms with Crippen LogP contribution in [-0.4, -0.2) is 13.7 Å². The molecule has 1 atom stereocenters. The van der Waals surface area contributed by atoms with Crippen LogP contribution in [0.2, 0.25) is 5.02 Å². The van der Waals surface area contributed by atoms with Gasteiger partial charge in [-0.3, -0.25) is 0 Å². The molecule has 0 aliphatic rings. The summed E-state index contributed by atoms with van der Waals surface area (Å²) in [6, 6.07) is 7.43. The average molecular weight is 254 g/mol. The van der Waals surface area contributed by atoms with Crippen molar-refractivity contribution in [2.75, 3.05) is 13.7 Å². The van der Waals surface area contributed by atoms with E-state index in [1.54, 1.807) is 7.11 Å². The molecule has 2 N–H and O–H groups in total. The summed E-state index contributed by atoms with van der Waals surface area (Å²) in [5.74, 6) is 0.804. The number of ether oxygens (including phenoxy) is 1. The van der Waals surface area contributed by atoms with Gasteiger partial charge in [-0.15, -0.1) is 0 Å². The number of benzene rings is 1. The molecule has 0 amide bonds. The summed E-state index contributed by atoms with van der Waals surface area (Å²) in [6.07, 6.45) is 1.77. The molecule has 0 bridgehead atoms. The van der Waals surface area contributed by atoms with Gasteiger partial charge in [0, 0.05) is 24.1 Å². The summed E-state index contributed by atoms with van der Waals surface area (Å²) < 4.78 is 10.7. The van der Waals surface area contributed by atoms with Gasteiger partial charge in [0.2, 0.25) is 0 Å². The van der Waals surface area contributed by atoms with Crippen molar-refractivity contribution < 1.29 is 9.15 Å². The minimum atomic E-state index is -0.0867. The zero-order chi connectivity index (χ0) is 12.3. The van der Waals surface area contributed by atoms with Gasteiger partial charge >= 0.3 is 0 Å². The maximum absolute atomic E-state index is 6.06. The van der Waals surface area contributed by atoms with E-state index in [1.807, 2.05) is 24.3 Å². The van der Waals surface area contributed by atoms with Crippen LogP contribution in [0, 0.1) is 0 Å². The number of nitrogens with two attached hydrogens (primary N) is 1. The normalized spacial score (nSPS) is 13.1. The van der Waals surface area contributed by atoms with Crippen LogP contribution < -0.4 is 5.73 Å². The fraction of sp³-hybridized carbons (Fsp3) is 0.385. The Hall–Kier alpha value is -1.03. The summed E-state index contributed by atoms with van der Waals surface area (Å²) in [5, 5.41) is 1.70. The van der Waals surface area contributed by atoms with Gasteiger partial charge < -0.3 is 14.9 Å². The summed E-state index contributed by atoms with van der Waals surface area (Å²) in [7, 11) is 1.69. The first-order valence-electron chi connectivity index (χ1n) is 5.64. The molecule has 4 heteroatoms. The lowest BCUT2D eigenvalue weighted by Crippen LogP contribution is -2.09. The van der Waals surface area contributed by atoms with Gasteiger partial charge in [-0.25, -0.2) is 0 Å². The van der Waals surface area contributed by atoms with E-state index in [2.05, 4.69) is 0 Å². The van der Waals surface area contributed by atoms with Crippen LogP contribution in [0.25, 0.3) is 11.0 Å². The monoisotopic (exact) mass is 253 g/mol. The summed E-state index contributed by atoms with van der Waals surface area (Å²) in [4.78, 5) is 0. The van der Waals surface area contributed by atoms with E-state index in [0.29, 0.717) is 5.02 Å². The van der Waals surface area contributed by atoms with Crippen LogP contribution >= 0.6 is 11.6 Å². The molecular weight excluding hydrogens is 238 g/mol. The molecule has 2 aromatic rings. The number of furan rings is 1. The molecular formula is C13H16ClNO2. The van der Waals surface area contributed by atoms with Gasteiger partial charge in [0.25, 0.3) is 0 Å². The van der Waals surface area contributed by atoms with Gasteiger partial charge in [-0.1, -0.05) is 11.6 Å². The molecule has 2 rings (SSSR count). The molecule has 0 aliphatic heterocycles. The Labute approximate surface area is 105 Å². The molecule has 1 heterocycles. The maximum Gasteiger partial charge on any atom is 0.134 e. The lowest BCUT2D eigenvalue weighted by molar-refractivity contribution is 0.189. The molecule has 0 spiro atoms. The molecule has 1 aromatic carbocycles. The molecule has 1 aromatic heterocycles. The molecule has 0 fully saturated rings. The Bertz CT molecular complexity index is 495. The number of hydrogen-bond acceptors (Lipinski definition) is 3. The lowest BCUT2D eigenvalue weighted by Gasteiger charge is -2.07. The van der Waals surface area contributed by atoms with Gasteiger partial charge in [-0.2, -0.15) is 0 Å². The van der Waals surface area contributed by atoms with Crippen molar-refractivity contribution in [3.8, 4) is 0 Å². The molecule has 17 heavy (non-hydrogen) atoms. The smallest absolute Gasteiger partial charge is 0.134 e. The van der Waals surface area contributed by atoms with E-state index in [-0.39, 0.29) is 6.04 Å². The second-order valence-corrected chi connectivity index (χ2v) is 4.51. The van der Waals surface area contributed by atoms with Crippen LogP contribution in [0.4, 0.5) is 0 Å². The van der Waals surface area contributed by atoms with Gasteiger partial charge in [0.15, 0.2) is 0 Å². The summed E-state index contributed by atoms with van der Waals surface area (Å²) in [5.41, 5.74) is 6.88. The van der Waals surface area contributed by atoms with Gasteiger partial charge in [-0.05, 0) is 37.1 Å². The molecule has 0 saturated carbocycles. The predicted octanol–water partition coefficient (Wildman–Crippen LogP) is 3.51. The zero-order valence-electron chi connectivity index (χ0n) is 9.78. The van der Waals surface area contributed by atoms with Gasteiger partial charge in [0.1, 0.15) is 11.3 Å². The zero-order valence-corrected chi connectivity index (χ0v) is 10.5. The van der Waals surface area contributed by atoms with Crippen LogP contribution in [0.5, 0.6) is 0 Å². The summed E-state index contributed by atoms with van der Waals surface area (Å²) >= 11 is 5.92. The Kier molecular flexibility index (Phi) is 4.05. The highest BCUT2D eigenvalue weighted by atomic mass is 35.5. The maximum atomic E-state index is 6.06. The Morgan fingerprint density at radius 2 is 2.24 bits per heavy atom. The quantitative estimate of drug-likeness (QED) is 0.830. The minimum Gasteiger partial charge on any atom is -0.459 e. The molecule has 0 radical (unpaired) electrons. The molecule has 3 nitrogen and oxygen atoms in total. The van der Waals surface area contributed by atoms with E-state index < -0.39 is 0 Å². The first-order chi connectivity index (χ1) is 8.20. The highest BCUT2D eigenvalue weighted by molar-refractivity contribution is 6.31. The standard InChI is InChI=1S/C13H16ClNO2/c1-16-6-2-3-11(15)13-8-9-7-10(14)4-5-12(9)17-13/h4-5,7-8,11H,2-3,6,15H2,1H3. The third-order valence-corrected chi connectivity index (χ3v) is 2.96. The van der Waals surface area contributed by atoms with Crippen LogP contribution in [-0.2, 0) is 4.74 Å². The van der Waals surface area contributed by atoms with Crippen molar-refractivity contribution in [3.63, 3.8) is 0 Å². The van der Waals surface area contributed by atoms with Crippen molar-refractivity contribution in [1.82, 2.24) is 0 Å². The average Bonchev–Trinajstić information content (AvgIpc) is 2.72. The number of methoxy groups -OCH3 is 1. The topological polar surface area (TPSA) is 48.4 Å². The summed E-state index contributed by atoms with van der Waals surface area (Å²) in [6.45, 7) is 0.722. The second-order valence-electron chi connectivity index (χ2n) is 4.07. The van der Waals surface area contributed by atoms with Gasteiger partial charge in [0.05, 0.1) is 6.04 Å². The van der Waals surface area contributed by atoms with E-state index in [0.717, 1.165) is 36.2 Å². The number of fused-ring (bicyclic) bond motifs is 1. The minimum absolute atomic E-state index is 0.0867. The van der Waals surface area contributed by atoms with Crippen LogP contribution in [0.15, 0.2) is 28.7 Å². The predicted molar refractivity (Wildman–Crippen MR) is 69.3 cm³/mol. The fourth-order valence-electron chi connectivity index (χ4n) is 1.81. The molecule has 0 saturated heterocycles. The van der Waals surface area contributed by atoms with Crippen molar-refractivity contribution >= 4 is 22.6 Å². The van der Waals surface area contributed by atoms with Crippen molar-refractivity contribution in [2.24, 2.45) is 5.73 Å². The fourth-order valence-corrected chi connectivity index (χ4v) is 1.99. The van der Waals surface area contributed by atoms with Crippen LogP contribution in [0.3, 0.4) is 0 Å². The Balaban J connectivity index is 2.12. The highest BCUT2D eigenvalue weighted by Crippen LogP contribution is 2.27. The van der Waals surface area contributed by atoms with Crippen LogP contribution in [0.1, 0.15) is 24.6 Å². The molecule has 1 unspecified atom stereocenters. The lowest BCUT2D eigenvalue weighted by atomic mass is 10.1. The first-order valence-corrected chi connectivity index (χ1v) is 6.02. The van der Waals surface area contributed by atoms with E-state index >= 15 is 0 Å². The molecule has 0 aliphatic carbocycles. The van der Waals surface area contributed by atoms with E-state index in [9.17, 15) is 0 Å². The second kappa shape index (κ2) is 5.54. The number of halogens is 1. The number of rotatable bonds is 5. The Morgan fingerprint density at radius 3 is 3.00 bits per heavy atom. The van der Waals surface area contributed by atoms with E-state index in [4.69, 9.17) is 26.5 Å². The number of hydrogen-bond donors (Lipinski definition) is 1. The van der Waals surface area contributed by atoms with E-state index in [1.165, 1.54) is 0 Å². The SMILES string of the molecule is COCCCC(N)c1cc2cc(Cl)ccc2o1. The third kappa shape index (κ3) is 3.00. The van der Waals surface area contributed by atoms with Crippen molar-refractivity contribution in [2.45, 2.75) is 18.9 Å². The van der Waals surface area contributed by atoms with Crippen molar-refractivity contribution in [1.29, 1.82) is 0 Å². The largest absolute Gasteiger partial charge is 0.459 e. The molecule has 92 valence electrons. The highest BCUT2D eigenvalue weighted by Gasteiger charge is 2.11. The Morgan fingerprint density at radius 1 is 1.41 bits per heavy atom.